The first-order valence-electron chi connectivity index (χ1n) is 5.68. The van der Waals surface area contributed by atoms with E-state index in [1.54, 1.807) is 24.3 Å². The van der Waals surface area contributed by atoms with Gasteiger partial charge in [0.25, 0.3) is 0 Å². The van der Waals surface area contributed by atoms with Gasteiger partial charge in [0.1, 0.15) is 18.5 Å². The molecule has 2 aromatic rings. The zero-order chi connectivity index (χ0) is 13.8. The Morgan fingerprint density at radius 2 is 2.00 bits per heavy atom. The minimum atomic E-state index is -0.627. The summed E-state index contributed by atoms with van der Waals surface area (Å²) >= 11 is 0. The van der Waals surface area contributed by atoms with Gasteiger partial charge in [-0.3, -0.25) is 0 Å². The van der Waals surface area contributed by atoms with Crippen LogP contribution in [0.1, 0.15) is 16.7 Å². The van der Waals surface area contributed by atoms with Gasteiger partial charge in [0, 0.05) is 5.56 Å². The van der Waals surface area contributed by atoms with Crippen molar-refractivity contribution in [2.45, 2.75) is 13.5 Å². The monoisotopic (exact) mass is 259 g/mol. The third-order valence-corrected chi connectivity index (χ3v) is 2.67. The van der Waals surface area contributed by atoms with Gasteiger partial charge in [-0.1, -0.05) is 18.2 Å². The molecule has 0 saturated carbocycles. The van der Waals surface area contributed by atoms with E-state index in [-0.39, 0.29) is 23.5 Å². The lowest BCUT2D eigenvalue weighted by atomic mass is 10.1. The molecule has 0 aliphatic rings. The summed E-state index contributed by atoms with van der Waals surface area (Å²) in [4.78, 5) is 0. The summed E-state index contributed by atoms with van der Waals surface area (Å²) in [5, 5.41) is 8.72. The fraction of sp³-hybridized carbons (Fsp3) is 0.133. The molecule has 2 rings (SSSR count). The molecule has 0 atom stereocenters. The highest BCUT2D eigenvalue weighted by atomic mass is 19.1. The van der Waals surface area contributed by atoms with Crippen LogP contribution in [0.4, 0.5) is 8.78 Å². The molecule has 0 spiro atoms. The highest BCUT2D eigenvalue weighted by Crippen LogP contribution is 2.21. The Balaban J connectivity index is 2.20. The average Bonchev–Trinajstić information content (AvgIpc) is 2.41. The summed E-state index contributed by atoms with van der Waals surface area (Å²) in [6, 6.07) is 10.7. The maximum Gasteiger partial charge on any atom is 0.165 e. The van der Waals surface area contributed by atoms with E-state index in [9.17, 15) is 8.78 Å². The normalized spacial score (nSPS) is 10.0. The predicted octanol–water partition coefficient (Wildman–Crippen LogP) is 3.72. The zero-order valence-corrected chi connectivity index (χ0v) is 10.3. The number of rotatable bonds is 3. The van der Waals surface area contributed by atoms with Gasteiger partial charge in [-0.2, -0.15) is 5.26 Å². The van der Waals surface area contributed by atoms with Crippen molar-refractivity contribution in [1.29, 1.82) is 5.26 Å². The fourth-order valence-electron chi connectivity index (χ4n) is 1.65. The van der Waals surface area contributed by atoms with E-state index < -0.39 is 11.6 Å². The lowest BCUT2D eigenvalue weighted by molar-refractivity contribution is 0.284. The third kappa shape index (κ3) is 2.89. The smallest absolute Gasteiger partial charge is 0.165 e. The summed E-state index contributed by atoms with van der Waals surface area (Å²) in [5.41, 5.74) is 1.02. The van der Waals surface area contributed by atoms with Gasteiger partial charge < -0.3 is 4.74 Å². The number of benzene rings is 2. The van der Waals surface area contributed by atoms with Crippen molar-refractivity contribution in [3.05, 3.63) is 64.7 Å². The van der Waals surface area contributed by atoms with Crippen LogP contribution in [0.2, 0.25) is 0 Å². The highest BCUT2D eigenvalue weighted by Gasteiger charge is 2.09. The van der Waals surface area contributed by atoms with Crippen molar-refractivity contribution < 1.29 is 13.5 Å². The first kappa shape index (κ1) is 13.0. The van der Waals surface area contributed by atoms with Crippen molar-refractivity contribution in [1.82, 2.24) is 0 Å². The second-order valence-electron chi connectivity index (χ2n) is 4.11. The number of halogens is 2. The first-order chi connectivity index (χ1) is 9.11. The Kier molecular flexibility index (Phi) is 3.76. The molecular formula is C15H11F2NO. The van der Waals surface area contributed by atoms with Crippen molar-refractivity contribution in [3.63, 3.8) is 0 Å². The maximum absolute atomic E-state index is 13.8. The maximum atomic E-state index is 13.8. The molecule has 4 heteroatoms. The Morgan fingerprint density at radius 1 is 1.21 bits per heavy atom. The molecule has 0 aliphatic carbocycles. The molecule has 0 bridgehead atoms. The van der Waals surface area contributed by atoms with Gasteiger partial charge in [-0.25, -0.2) is 8.78 Å². The number of nitrogens with zero attached hydrogens (tertiary/aromatic N) is 1. The van der Waals surface area contributed by atoms with Crippen LogP contribution in [0.25, 0.3) is 0 Å². The van der Waals surface area contributed by atoms with Gasteiger partial charge in [-0.05, 0) is 30.7 Å². The van der Waals surface area contributed by atoms with Gasteiger partial charge >= 0.3 is 0 Å². The summed E-state index contributed by atoms with van der Waals surface area (Å²) < 4.78 is 32.5. The van der Waals surface area contributed by atoms with E-state index >= 15 is 0 Å². The third-order valence-electron chi connectivity index (χ3n) is 2.67. The highest BCUT2D eigenvalue weighted by molar-refractivity contribution is 5.35. The van der Waals surface area contributed by atoms with Crippen molar-refractivity contribution in [3.8, 4) is 11.8 Å². The first-order valence-corrected chi connectivity index (χ1v) is 5.68. The average molecular weight is 259 g/mol. The molecule has 0 fully saturated rings. The minimum absolute atomic E-state index is 0.0502. The topological polar surface area (TPSA) is 33.0 Å². The largest absolute Gasteiger partial charge is 0.486 e. The summed E-state index contributed by atoms with van der Waals surface area (Å²) in [6.07, 6.45) is 0. The quantitative estimate of drug-likeness (QED) is 0.841. The van der Waals surface area contributed by atoms with Crippen LogP contribution < -0.4 is 4.74 Å². The van der Waals surface area contributed by atoms with Crippen LogP contribution in [0, 0.1) is 29.9 Å². The van der Waals surface area contributed by atoms with Crippen LogP contribution in [0.3, 0.4) is 0 Å². The zero-order valence-electron chi connectivity index (χ0n) is 10.3. The van der Waals surface area contributed by atoms with E-state index in [4.69, 9.17) is 10.00 Å². The van der Waals surface area contributed by atoms with Crippen LogP contribution in [-0.4, -0.2) is 0 Å². The summed E-state index contributed by atoms with van der Waals surface area (Å²) in [5.74, 6) is -1.05. The van der Waals surface area contributed by atoms with Crippen LogP contribution in [-0.2, 0) is 6.61 Å². The lowest BCUT2D eigenvalue weighted by Crippen LogP contribution is -2.01. The molecule has 0 aromatic heterocycles. The second kappa shape index (κ2) is 5.49. The molecule has 2 nitrogen and oxygen atoms in total. The molecule has 0 aliphatic heterocycles. The van der Waals surface area contributed by atoms with E-state index in [2.05, 4.69) is 0 Å². The second-order valence-corrected chi connectivity index (χ2v) is 4.11. The van der Waals surface area contributed by atoms with Crippen LogP contribution in [0.15, 0.2) is 36.4 Å². The van der Waals surface area contributed by atoms with Crippen molar-refractivity contribution in [2.75, 3.05) is 0 Å². The Morgan fingerprint density at radius 3 is 2.74 bits per heavy atom. The Hall–Kier alpha value is -2.41. The van der Waals surface area contributed by atoms with Crippen LogP contribution >= 0.6 is 0 Å². The van der Waals surface area contributed by atoms with Gasteiger partial charge in [0.15, 0.2) is 11.6 Å². The van der Waals surface area contributed by atoms with E-state index in [1.807, 2.05) is 6.92 Å². The molecule has 0 unspecified atom stereocenters. The van der Waals surface area contributed by atoms with E-state index in [1.165, 1.54) is 18.2 Å². The van der Waals surface area contributed by atoms with Crippen LogP contribution in [0.5, 0.6) is 5.75 Å². The Labute approximate surface area is 109 Å². The van der Waals surface area contributed by atoms with E-state index in [0.29, 0.717) is 0 Å². The molecule has 0 heterocycles. The van der Waals surface area contributed by atoms with Crippen molar-refractivity contribution in [2.24, 2.45) is 0 Å². The molecule has 2 aromatic carbocycles. The molecule has 0 N–H and O–H groups in total. The standard InChI is InChI=1S/C15H11F2NO/c1-10-5-6-13(16)14(7-10)19-9-12-4-2-3-11(8-18)15(12)17/h2-7H,9H2,1H3. The molecule has 96 valence electrons. The van der Waals surface area contributed by atoms with E-state index in [0.717, 1.165) is 5.56 Å². The van der Waals surface area contributed by atoms with Gasteiger partial charge in [0.05, 0.1) is 5.56 Å². The molecular weight excluding hydrogens is 248 g/mol. The van der Waals surface area contributed by atoms with Gasteiger partial charge in [0.2, 0.25) is 0 Å². The Bertz CT molecular complexity index is 647. The summed E-state index contributed by atoms with van der Waals surface area (Å²) in [7, 11) is 0. The fourth-order valence-corrected chi connectivity index (χ4v) is 1.65. The lowest BCUT2D eigenvalue weighted by Gasteiger charge is -2.09. The SMILES string of the molecule is Cc1ccc(F)c(OCc2cccc(C#N)c2F)c1. The predicted molar refractivity (Wildman–Crippen MR) is 66.6 cm³/mol. The van der Waals surface area contributed by atoms with Crippen molar-refractivity contribution >= 4 is 0 Å². The molecule has 0 radical (unpaired) electrons. The molecule has 0 saturated heterocycles. The number of nitriles is 1. The number of hydrogen-bond acceptors (Lipinski definition) is 2. The molecule has 19 heavy (non-hydrogen) atoms. The van der Waals surface area contributed by atoms with Gasteiger partial charge in [-0.15, -0.1) is 0 Å². The number of ether oxygens (including phenoxy) is 1. The number of hydrogen-bond donors (Lipinski definition) is 0. The summed E-state index contributed by atoms with van der Waals surface area (Å²) in [6.45, 7) is 1.69. The molecule has 0 amide bonds. The minimum Gasteiger partial charge on any atom is -0.486 e. The number of aryl methyl sites for hydroxylation is 1.